The maximum absolute atomic E-state index is 11.4. The van der Waals surface area contributed by atoms with Gasteiger partial charge in [-0.1, -0.05) is 0 Å². The van der Waals surface area contributed by atoms with Gasteiger partial charge in [0.05, 0.1) is 17.7 Å². The fourth-order valence-corrected chi connectivity index (χ4v) is 2.42. The Morgan fingerprint density at radius 1 is 1.38 bits per heavy atom. The number of nitrogens with one attached hydrogen (secondary N) is 1. The van der Waals surface area contributed by atoms with Crippen LogP contribution < -0.4 is 10.1 Å². The lowest BCUT2D eigenvalue weighted by atomic mass is 10.1. The van der Waals surface area contributed by atoms with Crippen molar-refractivity contribution in [3.8, 4) is 5.75 Å². The van der Waals surface area contributed by atoms with Crippen LogP contribution in [0, 0.1) is 0 Å². The predicted molar refractivity (Wildman–Crippen MR) is 65.5 cm³/mol. The maximum Gasteiger partial charge on any atom is 0.175 e. The highest BCUT2D eigenvalue weighted by atomic mass is 35.5. The van der Waals surface area contributed by atoms with Gasteiger partial charge >= 0.3 is 0 Å². The van der Waals surface area contributed by atoms with Crippen molar-refractivity contribution in [3.63, 3.8) is 0 Å². The second-order valence-corrected chi connectivity index (χ2v) is 5.62. The minimum atomic E-state index is -3.16. The van der Waals surface area contributed by atoms with Crippen LogP contribution in [-0.4, -0.2) is 28.3 Å². The van der Waals surface area contributed by atoms with Crippen LogP contribution in [0.5, 0.6) is 5.75 Å². The van der Waals surface area contributed by atoms with Crippen LogP contribution in [0.25, 0.3) is 0 Å². The molecule has 6 heteroatoms. The number of sulfone groups is 1. The number of rotatable bonds is 2. The molecule has 0 aromatic heterocycles. The first-order valence-corrected chi connectivity index (χ1v) is 6.56. The van der Waals surface area contributed by atoms with Gasteiger partial charge in [0.1, 0.15) is 5.75 Å². The number of fused-ring (bicyclic) bond motifs is 1. The molecule has 0 atom stereocenters. The third kappa shape index (κ3) is 2.25. The van der Waals surface area contributed by atoms with Crippen LogP contribution >= 0.6 is 12.4 Å². The van der Waals surface area contributed by atoms with Crippen molar-refractivity contribution in [2.45, 2.75) is 11.3 Å². The molecular weight excluding hydrogens is 250 g/mol. The van der Waals surface area contributed by atoms with Gasteiger partial charge in [-0.15, -0.1) is 12.4 Å². The van der Waals surface area contributed by atoms with Gasteiger partial charge in [0, 0.05) is 18.9 Å². The molecule has 0 bridgehead atoms. The van der Waals surface area contributed by atoms with E-state index >= 15 is 0 Å². The van der Waals surface area contributed by atoms with Gasteiger partial charge in [-0.2, -0.15) is 0 Å². The SMILES string of the molecule is COc1cc(S(C)(=O)=O)cc2c1NCC2.Cl. The van der Waals surface area contributed by atoms with Gasteiger partial charge in [-0.05, 0) is 18.1 Å². The summed E-state index contributed by atoms with van der Waals surface area (Å²) < 4.78 is 28.0. The first kappa shape index (κ1) is 13.1. The molecule has 4 nitrogen and oxygen atoms in total. The molecule has 0 aliphatic carbocycles. The van der Waals surface area contributed by atoms with Crippen LogP contribution in [0.1, 0.15) is 5.56 Å². The summed E-state index contributed by atoms with van der Waals surface area (Å²) in [6.07, 6.45) is 2.05. The normalized spacial score (nSPS) is 13.6. The predicted octanol–water partition coefficient (Wildman–Crippen LogP) is 1.49. The topological polar surface area (TPSA) is 55.4 Å². The number of ether oxygens (including phenoxy) is 1. The lowest BCUT2D eigenvalue weighted by Gasteiger charge is -2.09. The van der Waals surface area contributed by atoms with Crippen molar-refractivity contribution in [2.75, 3.05) is 25.2 Å². The van der Waals surface area contributed by atoms with Gasteiger partial charge in [0.25, 0.3) is 0 Å². The maximum atomic E-state index is 11.4. The molecule has 0 unspecified atom stereocenters. The monoisotopic (exact) mass is 263 g/mol. The molecular formula is C10H14ClNO3S. The summed E-state index contributed by atoms with van der Waals surface area (Å²) in [6.45, 7) is 0.832. The van der Waals surface area contributed by atoms with E-state index < -0.39 is 9.84 Å². The Morgan fingerprint density at radius 3 is 2.62 bits per heavy atom. The minimum absolute atomic E-state index is 0. The quantitative estimate of drug-likeness (QED) is 0.878. The van der Waals surface area contributed by atoms with E-state index in [0.717, 1.165) is 24.2 Å². The Kier molecular flexibility index (Phi) is 3.70. The van der Waals surface area contributed by atoms with Crippen molar-refractivity contribution >= 4 is 27.9 Å². The van der Waals surface area contributed by atoms with Crippen molar-refractivity contribution < 1.29 is 13.2 Å². The van der Waals surface area contributed by atoms with Gasteiger partial charge in [0.2, 0.25) is 0 Å². The lowest BCUT2D eigenvalue weighted by Crippen LogP contribution is -2.00. The fourth-order valence-electron chi connectivity index (χ4n) is 1.74. The van der Waals surface area contributed by atoms with Gasteiger partial charge in [-0.25, -0.2) is 8.42 Å². The third-order valence-corrected chi connectivity index (χ3v) is 3.59. The molecule has 0 fully saturated rings. The zero-order valence-corrected chi connectivity index (χ0v) is 10.7. The Bertz CT molecular complexity index is 499. The molecule has 0 saturated heterocycles. The van der Waals surface area contributed by atoms with Gasteiger partial charge < -0.3 is 10.1 Å². The summed E-state index contributed by atoms with van der Waals surface area (Å²) in [4.78, 5) is 0.321. The molecule has 1 aromatic carbocycles. The number of anilines is 1. The van der Waals surface area contributed by atoms with E-state index in [1.165, 1.54) is 6.26 Å². The molecule has 1 N–H and O–H groups in total. The van der Waals surface area contributed by atoms with Crippen LogP contribution in [-0.2, 0) is 16.3 Å². The smallest absolute Gasteiger partial charge is 0.175 e. The molecule has 90 valence electrons. The summed E-state index contributed by atoms with van der Waals surface area (Å²) in [6, 6.07) is 3.28. The molecule has 1 aliphatic heterocycles. The van der Waals surface area contributed by atoms with Crippen LogP contribution in [0.4, 0.5) is 5.69 Å². The van der Waals surface area contributed by atoms with E-state index in [-0.39, 0.29) is 12.4 Å². The Hall–Kier alpha value is -0.940. The Morgan fingerprint density at radius 2 is 2.06 bits per heavy atom. The fraction of sp³-hybridized carbons (Fsp3) is 0.400. The zero-order valence-electron chi connectivity index (χ0n) is 9.11. The average molecular weight is 264 g/mol. The molecule has 16 heavy (non-hydrogen) atoms. The highest BCUT2D eigenvalue weighted by Crippen LogP contribution is 2.35. The molecule has 0 amide bonds. The molecule has 0 saturated carbocycles. The van der Waals surface area contributed by atoms with Gasteiger partial charge in [-0.3, -0.25) is 0 Å². The van der Waals surface area contributed by atoms with Crippen molar-refractivity contribution in [1.29, 1.82) is 0 Å². The van der Waals surface area contributed by atoms with Crippen molar-refractivity contribution in [3.05, 3.63) is 17.7 Å². The summed E-state index contributed by atoms with van der Waals surface area (Å²) in [5.74, 6) is 0.602. The lowest BCUT2D eigenvalue weighted by molar-refractivity contribution is 0.415. The first-order valence-electron chi connectivity index (χ1n) is 4.67. The Labute approximate surface area is 101 Å². The van der Waals surface area contributed by atoms with Gasteiger partial charge in [0.15, 0.2) is 9.84 Å². The minimum Gasteiger partial charge on any atom is -0.495 e. The average Bonchev–Trinajstić information content (AvgIpc) is 2.62. The number of halogens is 1. The van der Waals surface area contributed by atoms with Crippen LogP contribution in [0.15, 0.2) is 17.0 Å². The number of benzene rings is 1. The second kappa shape index (κ2) is 4.51. The van der Waals surface area contributed by atoms with E-state index in [9.17, 15) is 8.42 Å². The van der Waals surface area contributed by atoms with Crippen LogP contribution in [0.2, 0.25) is 0 Å². The summed E-state index contributed by atoms with van der Waals surface area (Å²) in [5.41, 5.74) is 1.93. The largest absolute Gasteiger partial charge is 0.495 e. The van der Waals surface area contributed by atoms with Crippen LogP contribution in [0.3, 0.4) is 0 Å². The zero-order chi connectivity index (χ0) is 11.1. The molecule has 0 radical (unpaired) electrons. The number of hydrogen-bond donors (Lipinski definition) is 1. The highest BCUT2D eigenvalue weighted by molar-refractivity contribution is 7.90. The van der Waals surface area contributed by atoms with E-state index in [1.54, 1.807) is 19.2 Å². The standard InChI is InChI=1S/C10H13NO3S.ClH/c1-14-9-6-8(15(2,12)13)5-7-3-4-11-10(7)9;/h5-6,11H,3-4H2,1-2H3;1H. The molecule has 1 aliphatic rings. The third-order valence-electron chi connectivity index (χ3n) is 2.50. The molecule has 2 rings (SSSR count). The van der Waals surface area contributed by atoms with E-state index in [0.29, 0.717) is 10.6 Å². The second-order valence-electron chi connectivity index (χ2n) is 3.61. The summed E-state index contributed by atoms with van der Waals surface area (Å²) in [5, 5.41) is 3.18. The summed E-state index contributed by atoms with van der Waals surface area (Å²) >= 11 is 0. The van der Waals surface area contributed by atoms with Crippen molar-refractivity contribution in [1.82, 2.24) is 0 Å². The number of hydrogen-bond acceptors (Lipinski definition) is 4. The number of methoxy groups -OCH3 is 1. The van der Waals surface area contributed by atoms with E-state index in [2.05, 4.69) is 5.32 Å². The molecule has 0 spiro atoms. The Balaban J connectivity index is 0.00000128. The van der Waals surface area contributed by atoms with E-state index in [1.807, 2.05) is 0 Å². The highest BCUT2D eigenvalue weighted by Gasteiger charge is 2.19. The van der Waals surface area contributed by atoms with E-state index in [4.69, 9.17) is 4.74 Å². The first-order chi connectivity index (χ1) is 7.02. The molecule has 1 heterocycles. The van der Waals surface area contributed by atoms with Crippen molar-refractivity contribution in [2.24, 2.45) is 0 Å². The molecule has 1 aromatic rings. The summed E-state index contributed by atoms with van der Waals surface area (Å²) in [7, 11) is -1.62.